The van der Waals surface area contributed by atoms with E-state index in [1.807, 2.05) is 11.8 Å². The van der Waals surface area contributed by atoms with Gasteiger partial charge in [0.25, 0.3) is 0 Å². The lowest BCUT2D eigenvalue weighted by atomic mass is 9.92. The maximum absolute atomic E-state index is 11.8. The number of nitrogens with one attached hydrogen (secondary N) is 1. The second-order valence-corrected chi connectivity index (χ2v) is 6.63. The molecule has 0 aromatic rings. The summed E-state index contributed by atoms with van der Waals surface area (Å²) in [5, 5.41) is 3.61. The van der Waals surface area contributed by atoms with Crippen molar-refractivity contribution in [2.75, 3.05) is 19.6 Å². The standard InChI is InChI=1S/C14H28N2O/c1-6-13(17)16-8-11(2)7-12(9-16)15-10-14(3,4)5/h11-12,15H,6-10H2,1-5H3. The Bertz CT molecular complexity index is 257. The zero-order valence-corrected chi connectivity index (χ0v) is 12.0. The number of carbonyl (C=O) groups excluding carboxylic acids is 1. The van der Waals surface area contributed by atoms with Gasteiger partial charge in [0.15, 0.2) is 0 Å². The van der Waals surface area contributed by atoms with Gasteiger partial charge in [-0.3, -0.25) is 4.79 Å². The molecule has 3 nitrogen and oxygen atoms in total. The van der Waals surface area contributed by atoms with Gasteiger partial charge in [0.2, 0.25) is 5.91 Å². The van der Waals surface area contributed by atoms with Crippen molar-refractivity contribution >= 4 is 5.91 Å². The first-order valence-corrected chi connectivity index (χ1v) is 6.83. The van der Waals surface area contributed by atoms with Crippen LogP contribution in [0.3, 0.4) is 0 Å². The maximum Gasteiger partial charge on any atom is 0.222 e. The Morgan fingerprint density at radius 3 is 2.53 bits per heavy atom. The largest absolute Gasteiger partial charge is 0.341 e. The van der Waals surface area contributed by atoms with Gasteiger partial charge in [0.05, 0.1) is 0 Å². The topological polar surface area (TPSA) is 32.3 Å². The van der Waals surface area contributed by atoms with Crippen molar-refractivity contribution in [1.29, 1.82) is 0 Å². The van der Waals surface area contributed by atoms with E-state index in [0.717, 1.165) is 19.6 Å². The van der Waals surface area contributed by atoms with Crippen molar-refractivity contribution in [1.82, 2.24) is 10.2 Å². The summed E-state index contributed by atoms with van der Waals surface area (Å²) in [5.41, 5.74) is 0.306. The number of nitrogens with zero attached hydrogens (tertiary/aromatic N) is 1. The molecule has 0 aromatic heterocycles. The van der Waals surface area contributed by atoms with Crippen LogP contribution >= 0.6 is 0 Å². The highest BCUT2D eigenvalue weighted by Gasteiger charge is 2.27. The average molecular weight is 240 g/mol. The van der Waals surface area contributed by atoms with Crippen LogP contribution < -0.4 is 5.32 Å². The van der Waals surface area contributed by atoms with Gasteiger partial charge in [-0.25, -0.2) is 0 Å². The Balaban J connectivity index is 2.48. The second kappa shape index (κ2) is 5.85. The van der Waals surface area contributed by atoms with E-state index in [2.05, 4.69) is 33.0 Å². The summed E-state index contributed by atoms with van der Waals surface area (Å²) in [6, 6.07) is 0.466. The molecule has 1 rings (SSSR count). The smallest absolute Gasteiger partial charge is 0.222 e. The third-order valence-electron chi connectivity index (χ3n) is 3.24. The van der Waals surface area contributed by atoms with Crippen LogP contribution in [0.4, 0.5) is 0 Å². The minimum Gasteiger partial charge on any atom is -0.341 e. The SMILES string of the molecule is CCC(=O)N1CC(C)CC(NCC(C)(C)C)C1. The van der Waals surface area contributed by atoms with Crippen molar-refractivity contribution in [3.05, 3.63) is 0 Å². The fraction of sp³-hybridized carbons (Fsp3) is 0.929. The van der Waals surface area contributed by atoms with E-state index in [9.17, 15) is 4.79 Å². The Morgan fingerprint density at radius 2 is 2.00 bits per heavy atom. The molecule has 1 N–H and O–H groups in total. The van der Waals surface area contributed by atoms with Crippen molar-refractivity contribution in [3.8, 4) is 0 Å². The Kier molecular flexibility index (Phi) is 4.99. The van der Waals surface area contributed by atoms with Crippen LogP contribution in [0.25, 0.3) is 0 Å². The van der Waals surface area contributed by atoms with Crippen LogP contribution in [0.15, 0.2) is 0 Å². The molecular weight excluding hydrogens is 212 g/mol. The molecule has 100 valence electrons. The van der Waals surface area contributed by atoms with Crippen LogP contribution in [-0.2, 0) is 4.79 Å². The van der Waals surface area contributed by atoms with Gasteiger partial charge >= 0.3 is 0 Å². The van der Waals surface area contributed by atoms with E-state index < -0.39 is 0 Å². The van der Waals surface area contributed by atoms with Gasteiger partial charge < -0.3 is 10.2 Å². The number of piperidine rings is 1. The molecule has 0 aliphatic carbocycles. The van der Waals surface area contributed by atoms with Crippen LogP contribution in [0, 0.1) is 11.3 Å². The Hall–Kier alpha value is -0.570. The lowest BCUT2D eigenvalue weighted by molar-refractivity contribution is -0.133. The number of likely N-dealkylation sites (tertiary alicyclic amines) is 1. The molecule has 1 aliphatic rings. The average Bonchev–Trinajstić information content (AvgIpc) is 2.23. The molecule has 0 radical (unpaired) electrons. The fourth-order valence-electron chi connectivity index (χ4n) is 2.38. The van der Waals surface area contributed by atoms with Crippen LogP contribution in [0.2, 0.25) is 0 Å². The molecule has 2 unspecified atom stereocenters. The van der Waals surface area contributed by atoms with Gasteiger partial charge in [0, 0.05) is 32.1 Å². The summed E-state index contributed by atoms with van der Waals surface area (Å²) in [7, 11) is 0. The Morgan fingerprint density at radius 1 is 1.35 bits per heavy atom. The van der Waals surface area contributed by atoms with E-state index in [-0.39, 0.29) is 0 Å². The highest BCUT2D eigenvalue weighted by atomic mass is 16.2. The van der Waals surface area contributed by atoms with E-state index in [1.54, 1.807) is 0 Å². The van der Waals surface area contributed by atoms with Crippen LogP contribution in [0.5, 0.6) is 0 Å². The minimum absolute atomic E-state index is 0.291. The van der Waals surface area contributed by atoms with Gasteiger partial charge in [-0.05, 0) is 17.8 Å². The number of amides is 1. The van der Waals surface area contributed by atoms with E-state index in [1.165, 1.54) is 6.42 Å². The summed E-state index contributed by atoms with van der Waals surface area (Å²) >= 11 is 0. The molecule has 0 bridgehead atoms. The third kappa shape index (κ3) is 5.07. The lowest BCUT2D eigenvalue weighted by Gasteiger charge is -2.38. The van der Waals surface area contributed by atoms with Crippen molar-refractivity contribution in [3.63, 3.8) is 0 Å². The molecule has 3 heteroatoms. The van der Waals surface area contributed by atoms with Crippen molar-refractivity contribution in [2.45, 2.75) is 53.5 Å². The zero-order valence-electron chi connectivity index (χ0n) is 12.0. The Labute approximate surface area is 106 Å². The normalized spacial score (nSPS) is 26.1. The number of hydrogen-bond donors (Lipinski definition) is 1. The monoisotopic (exact) mass is 240 g/mol. The molecule has 17 heavy (non-hydrogen) atoms. The van der Waals surface area contributed by atoms with E-state index in [4.69, 9.17) is 0 Å². The predicted octanol–water partition coefficient (Wildman–Crippen LogP) is 2.27. The van der Waals surface area contributed by atoms with Crippen LogP contribution in [-0.4, -0.2) is 36.5 Å². The summed E-state index contributed by atoms with van der Waals surface area (Å²) in [5.74, 6) is 0.899. The van der Waals surface area contributed by atoms with Gasteiger partial charge in [-0.1, -0.05) is 34.6 Å². The highest BCUT2D eigenvalue weighted by molar-refractivity contribution is 5.76. The first-order valence-electron chi connectivity index (χ1n) is 6.83. The quantitative estimate of drug-likeness (QED) is 0.821. The number of rotatable bonds is 3. The molecule has 1 saturated heterocycles. The second-order valence-electron chi connectivity index (χ2n) is 6.63. The fourth-order valence-corrected chi connectivity index (χ4v) is 2.38. The predicted molar refractivity (Wildman–Crippen MR) is 71.9 cm³/mol. The van der Waals surface area contributed by atoms with E-state index in [0.29, 0.717) is 29.7 Å². The molecule has 0 aromatic carbocycles. The van der Waals surface area contributed by atoms with Gasteiger partial charge in [-0.15, -0.1) is 0 Å². The van der Waals surface area contributed by atoms with Crippen LogP contribution in [0.1, 0.15) is 47.5 Å². The molecular formula is C14H28N2O. The molecule has 1 fully saturated rings. The first kappa shape index (κ1) is 14.5. The molecule has 0 saturated carbocycles. The van der Waals surface area contributed by atoms with Gasteiger partial charge in [-0.2, -0.15) is 0 Å². The lowest BCUT2D eigenvalue weighted by Crippen LogP contribution is -2.51. The van der Waals surface area contributed by atoms with Crippen molar-refractivity contribution < 1.29 is 4.79 Å². The third-order valence-corrected chi connectivity index (χ3v) is 3.24. The zero-order chi connectivity index (χ0) is 13.1. The number of carbonyl (C=O) groups is 1. The molecule has 1 amide bonds. The molecule has 2 atom stereocenters. The molecule has 1 heterocycles. The number of hydrogen-bond acceptors (Lipinski definition) is 2. The van der Waals surface area contributed by atoms with Crippen molar-refractivity contribution in [2.24, 2.45) is 11.3 Å². The highest BCUT2D eigenvalue weighted by Crippen LogP contribution is 2.19. The minimum atomic E-state index is 0.291. The van der Waals surface area contributed by atoms with E-state index >= 15 is 0 Å². The summed E-state index contributed by atoms with van der Waals surface area (Å²) in [6.45, 7) is 13.7. The van der Waals surface area contributed by atoms with Gasteiger partial charge in [0.1, 0.15) is 0 Å². The summed E-state index contributed by atoms with van der Waals surface area (Å²) < 4.78 is 0. The maximum atomic E-state index is 11.8. The first-order chi connectivity index (χ1) is 7.81. The molecule has 1 aliphatic heterocycles. The summed E-state index contributed by atoms with van der Waals surface area (Å²) in [6.07, 6.45) is 1.81. The summed E-state index contributed by atoms with van der Waals surface area (Å²) in [4.78, 5) is 13.8. The molecule has 0 spiro atoms.